The summed E-state index contributed by atoms with van der Waals surface area (Å²) in [5.41, 5.74) is 2.84. The second kappa shape index (κ2) is 10.7. The molecule has 9 heteroatoms. The molecule has 0 spiro atoms. The second-order valence-electron chi connectivity index (χ2n) is 9.93. The van der Waals surface area contributed by atoms with Crippen LogP contribution in [0.25, 0.3) is 10.8 Å². The lowest BCUT2D eigenvalue weighted by Crippen LogP contribution is -2.17. The number of benzene rings is 4. The van der Waals surface area contributed by atoms with Crippen LogP contribution in [0, 0.1) is 19.8 Å². The standard InChI is InChI=1S/C30H28Cl2N2O4S/c1-17(2)25-16-37-30(33-25)24-8-6-10-27(29(24)34-39(35,36)22-14-20(31)13-21(32)15-22)38-26-9-5-7-23-18(3)11-12-19(4)28(23)26/h5-15,17,25,34H,16H2,1-4H3/t25-/m0/s1. The van der Waals surface area contributed by atoms with Crippen LogP contribution in [0.2, 0.25) is 10.0 Å². The fourth-order valence-corrected chi connectivity index (χ4v) is 6.36. The molecular weight excluding hydrogens is 555 g/mol. The molecule has 1 N–H and O–H groups in total. The Balaban J connectivity index is 1.66. The molecule has 4 aromatic carbocycles. The molecule has 0 aromatic heterocycles. The van der Waals surface area contributed by atoms with Crippen LogP contribution in [-0.2, 0) is 14.8 Å². The number of aliphatic imine (C=N–C) groups is 1. The fourth-order valence-electron chi connectivity index (χ4n) is 4.55. The van der Waals surface area contributed by atoms with Gasteiger partial charge in [-0.2, -0.15) is 0 Å². The number of nitrogens with zero attached hydrogens (tertiary/aromatic N) is 1. The van der Waals surface area contributed by atoms with Gasteiger partial charge < -0.3 is 9.47 Å². The van der Waals surface area contributed by atoms with Crippen molar-refractivity contribution >= 4 is 55.6 Å². The molecule has 4 aromatic rings. The van der Waals surface area contributed by atoms with Crippen LogP contribution in [-0.4, -0.2) is 27.0 Å². The lowest BCUT2D eigenvalue weighted by molar-refractivity contribution is 0.292. The molecule has 0 saturated heterocycles. The van der Waals surface area contributed by atoms with E-state index in [0.29, 0.717) is 29.6 Å². The molecule has 1 atom stereocenters. The van der Waals surface area contributed by atoms with Crippen molar-refractivity contribution in [2.24, 2.45) is 10.9 Å². The SMILES string of the molecule is Cc1ccc(C)c2c(Oc3cccc(C4=N[C@H](C(C)C)CO4)c3NS(=O)(=O)c3cc(Cl)cc(Cl)c3)cccc12. The topological polar surface area (TPSA) is 77.0 Å². The summed E-state index contributed by atoms with van der Waals surface area (Å²) in [6.07, 6.45) is 0. The molecule has 0 radical (unpaired) electrons. The predicted molar refractivity (Wildman–Crippen MR) is 158 cm³/mol. The van der Waals surface area contributed by atoms with E-state index >= 15 is 0 Å². The molecule has 1 aliphatic heterocycles. The highest BCUT2D eigenvalue weighted by Crippen LogP contribution is 2.40. The zero-order valence-corrected chi connectivity index (χ0v) is 24.3. The van der Waals surface area contributed by atoms with E-state index in [0.717, 1.165) is 21.9 Å². The highest BCUT2D eigenvalue weighted by molar-refractivity contribution is 7.92. The minimum Gasteiger partial charge on any atom is -0.475 e. The first-order valence-corrected chi connectivity index (χ1v) is 14.8. The first kappa shape index (κ1) is 27.3. The Morgan fingerprint density at radius 3 is 2.31 bits per heavy atom. The number of nitrogens with one attached hydrogen (secondary N) is 1. The normalized spacial score (nSPS) is 15.4. The number of aryl methyl sites for hydroxylation is 2. The third kappa shape index (κ3) is 5.57. The summed E-state index contributed by atoms with van der Waals surface area (Å²) >= 11 is 12.2. The quantitative estimate of drug-likeness (QED) is 0.238. The number of para-hydroxylation sites is 1. The van der Waals surface area contributed by atoms with E-state index in [1.807, 2.05) is 38.1 Å². The predicted octanol–water partition coefficient (Wildman–Crippen LogP) is 8.16. The molecule has 0 saturated carbocycles. The van der Waals surface area contributed by atoms with Crippen LogP contribution >= 0.6 is 23.2 Å². The largest absolute Gasteiger partial charge is 0.475 e. The van der Waals surface area contributed by atoms with Gasteiger partial charge in [0.1, 0.15) is 18.0 Å². The number of hydrogen-bond acceptors (Lipinski definition) is 5. The van der Waals surface area contributed by atoms with Gasteiger partial charge in [-0.05, 0) is 72.7 Å². The number of hydrogen-bond donors (Lipinski definition) is 1. The van der Waals surface area contributed by atoms with Gasteiger partial charge in [-0.25, -0.2) is 13.4 Å². The van der Waals surface area contributed by atoms with Gasteiger partial charge in [-0.1, -0.05) is 67.4 Å². The van der Waals surface area contributed by atoms with E-state index in [1.165, 1.54) is 18.2 Å². The number of fused-ring (bicyclic) bond motifs is 1. The zero-order valence-electron chi connectivity index (χ0n) is 22.0. The number of anilines is 1. The van der Waals surface area contributed by atoms with Gasteiger partial charge in [-0.15, -0.1) is 0 Å². The Labute approximate surface area is 238 Å². The monoisotopic (exact) mass is 582 g/mol. The molecule has 6 nitrogen and oxygen atoms in total. The van der Waals surface area contributed by atoms with Gasteiger partial charge in [0.05, 0.1) is 16.5 Å². The van der Waals surface area contributed by atoms with E-state index in [-0.39, 0.29) is 32.6 Å². The molecule has 202 valence electrons. The van der Waals surface area contributed by atoms with Crippen molar-refractivity contribution in [1.82, 2.24) is 0 Å². The van der Waals surface area contributed by atoms with E-state index in [9.17, 15) is 8.42 Å². The van der Waals surface area contributed by atoms with Crippen molar-refractivity contribution in [3.05, 3.63) is 93.5 Å². The Morgan fingerprint density at radius 1 is 0.949 bits per heavy atom. The summed E-state index contributed by atoms with van der Waals surface area (Å²) < 4.78 is 42.3. The summed E-state index contributed by atoms with van der Waals surface area (Å²) in [4.78, 5) is 4.66. The van der Waals surface area contributed by atoms with Crippen LogP contribution in [0.1, 0.15) is 30.5 Å². The lowest BCUT2D eigenvalue weighted by atomic mass is 10.0. The van der Waals surface area contributed by atoms with Gasteiger partial charge >= 0.3 is 0 Å². The van der Waals surface area contributed by atoms with Crippen LogP contribution in [0.5, 0.6) is 11.5 Å². The third-order valence-corrected chi connectivity index (χ3v) is 8.50. The molecule has 0 unspecified atom stereocenters. The Morgan fingerprint density at radius 2 is 1.62 bits per heavy atom. The highest BCUT2D eigenvalue weighted by atomic mass is 35.5. The van der Waals surface area contributed by atoms with Gasteiger partial charge in [0.2, 0.25) is 5.90 Å². The Hall–Kier alpha value is -3.26. The van der Waals surface area contributed by atoms with E-state index in [2.05, 4.69) is 24.6 Å². The van der Waals surface area contributed by atoms with E-state index in [1.54, 1.807) is 18.2 Å². The van der Waals surface area contributed by atoms with Crippen LogP contribution < -0.4 is 9.46 Å². The maximum absolute atomic E-state index is 13.6. The molecule has 0 fully saturated rings. The minimum atomic E-state index is -4.12. The summed E-state index contributed by atoms with van der Waals surface area (Å²) in [6.45, 7) is 8.61. The number of rotatable bonds is 7. The average Bonchev–Trinajstić information content (AvgIpc) is 3.37. The lowest BCUT2D eigenvalue weighted by Gasteiger charge is -2.19. The van der Waals surface area contributed by atoms with Crippen molar-refractivity contribution in [3.8, 4) is 11.5 Å². The maximum atomic E-state index is 13.6. The average molecular weight is 584 g/mol. The molecule has 0 bridgehead atoms. The van der Waals surface area contributed by atoms with Crippen molar-refractivity contribution in [3.63, 3.8) is 0 Å². The first-order valence-electron chi connectivity index (χ1n) is 12.5. The smallest absolute Gasteiger partial charge is 0.262 e. The molecule has 39 heavy (non-hydrogen) atoms. The highest BCUT2D eigenvalue weighted by Gasteiger charge is 2.28. The second-order valence-corrected chi connectivity index (χ2v) is 12.5. The Bertz CT molecular complexity index is 1700. The number of halogens is 2. The molecule has 1 aliphatic rings. The van der Waals surface area contributed by atoms with Crippen LogP contribution in [0.15, 0.2) is 76.6 Å². The summed E-state index contributed by atoms with van der Waals surface area (Å²) in [5.74, 6) is 1.52. The number of sulfonamides is 1. The van der Waals surface area contributed by atoms with Crippen molar-refractivity contribution in [2.45, 2.75) is 38.6 Å². The van der Waals surface area contributed by atoms with Gasteiger partial charge in [-0.3, -0.25) is 4.72 Å². The molecule has 0 amide bonds. The van der Waals surface area contributed by atoms with Gasteiger partial charge in [0.15, 0.2) is 5.75 Å². The number of ether oxygens (including phenoxy) is 2. The first-order chi connectivity index (χ1) is 18.5. The zero-order chi connectivity index (χ0) is 27.9. The van der Waals surface area contributed by atoms with Crippen LogP contribution in [0.3, 0.4) is 0 Å². The third-order valence-electron chi connectivity index (χ3n) is 6.73. The minimum absolute atomic E-state index is 0.0375. The van der Waals surface area contributed by atoms with Crippen molar-refractivity contribution in [2.75, 3.05) is 11.3 Å². The fraction of sp³-hybridized carbons (Fsp3) is 0.233. The van der Waals surface area contributed by atoms with Crippen molar-refractivity contribution < 1.29 is 17.9 Å². The van der Waals surface area contributed by atoms with Crippen molar-refractivity contribution in [1.29, 1.82) is 0 Å². The summed E-state index contributed by atoms with van der Waals surface area (Å²) in [6, 6.07) is 19.3. The Kier molecular flexibility index (Phi) is 7.51. The molecule has 1 heterocycles. The molecule has 5 rings (SSSR count). The van der Waals surface area contributed by atoms with E-state index in [4.69, 9.17) is 37.7 Å². The van der Waals surface area contributed by atoms with Gasteiger partial charge in [0, 0.05) is 15.4 Å². The molecular formula is C30H28Cl2N2O4S. The van der Waals surface area contributed by atoms with Gasteiger partial charge in [0.25, 0.3) is 10.0 Å². The van der Waals surface area contributed by atoms with Crippen LogP contribution in [0.4, 0.5) is 5.69 Å². The maximum Gasteiger partial charge on any atom is 0.262 e. The summed E-state index contributed by atoms with van der Waals surface area (Å²) in [5, 5.41) is 2.42. The van der Waals surface area contributed by atoms with E-state index < -0.39 is 10.0 Å². The summed E-state index contributed by atoms with van der Waals surface area (Å²) in [7, 11) is -4.12. The molecule has 0 aliphatic carbocycles.